The Bertz CT molecular complexity index is 820. The predicted molar refractivity (Wildman–Crippen MR) is 97.0 cm³/mol. The molecule has 0 spiro atoms. The number of amides is 2. The van der Waals surface area contributed by atoms with Crippen LogP contribution in [-0.4, -0.2) is 24.2 Å². The highest BCUT2D eigenvalue weighted by molar-refractivity contribution is 7.13. The highest BCUT2D eigenvalue weighted by Crippen LogP contribution is 2.23. The molecule has 6 nitrogen and oxygen atoms in total. The number of nitrogens with one attached hydrogen (secondary N) is 2. The third-order valence-corrected chi connectivity index (χ3v) is 4.26. The van der Waals surface area contributed by atoms with Gasteiger partial charge in [-0.25, -0.2) is 9.78 Å². The fourth-order valence-electron chi connectivity index (χ4n) is 2.03. The molecule has 3 aromatic rings. The molecule has 0 bridgehead atoms. The maximum atomic E-state index is 11.8. The minimum absolute atomic E-state index is 0.288. The number of halogens is 1. The first-order valence-electron chi connectivity index (χ1n) is 7.59. The van der Waals surface area contributed by atoms with Gasteiger partial charge in [0.2, 0.25) is 5.89 Å². The molecular formula is C17H16ClN3O3S. The summed E-state index contributed by atoms with van der Waals surface area (Å²) in [4.78, 5) is 17.0. The van der Waals surface area contributed by atoms with E-state index in [0.717, 1.165) is 4.88 Å². The van der Waals surface area contributed by atoms with E-state index in [9.17, 15) is 4.79 Å². The largest absolute Gasteiger partial charge is 0.492 e. The standard InChI is InChI=1S/C17H16ClN3O3S/c18-12-3-1-4-14(9-12)23-7-6-19-17(22)20-10-13-11-24-16(21-13)15-5-2-8-25-15/h1-5,8-9,11H,6-7,10H2,(H2,19,20,22). The van der Waals surface area contributed by atoms with Crippen LogP contribution >= 0.6 is 22.9 Å². The van der Waals surface area contributed by atoms with Crippen LogP contribution < -0.4 is 15.4 Å². The molecule has 0 atom stereocenters. The van der Waals surface area contributed by atoms with E-state index in [1.54, 1.807) is 29.5 Å². The lowest BCUT2D eigenvalue weighted by atomic mass is 10.3. The molecule has 25 heavy (non-hydrogen) atoms. The zero-order valence-electron chi connectivity index (χ0n) is 13.2. The average Bonchev–Trinajstić information content (AvgIpc) is 3.28. The van der Waals surface area contributed by atoms with Crippen molar-refractivity contribution in [3.8, 4) is 16.5 Å². The summed E-state index contributed by atoms with van der Waals surface area (Å²) < 4.78 is 10.9. The van der Waals surface area contributed by atoms with E-state index >= 15 is 0 Å². The topological polar surface area (TPSA) is 76.4 Å². The van der Waals surface area contributed by atoms with Crippen LogP contribution in [0.3, 0.4) is 0 Å². The quantitative estimate of drug-likeness (QED) is 0.611. The van der Waals surface area contributed by atoms with Gasteiger partial charge in [0.1, 0.15) is 18.6 Å². The van der Waals surface area contributed by atoms with E-state index in [1.807, 2.05) is 23.6 Å². The van der Waals surface area contributed by atoms with E-state index in [-0.39, 0.29) is 12.6 Å². The lowest BCUT2D eigenvalue weighted by Crippen LogP contribution is -2.37. The number of carbonyl (C=O) groups is 1. The number of thiophene rings is 1. The highest BCUT2D eigenvalue weighted by atomic mass is 35.5. The maximum absolute atomic E-state index is 11.8. The van der Waals surface area contributed by atoms with Crippen molar-refractivity contribution in [2.75, 3.05) is 13.2 Å². The molecule has 0 fully saturated rings. The van der Waals surface area contributed by atoms with Gasteiger partial charge in [0, 0.05) is 5.02 Å². The smallest absolute Gasteiger partial charge is 0.315 e. The molecule has 1 aromatic carbocycles. The van der Waals surface area contributed by atoms with Gasteiger partial charge in [-0.3, -0.25) is 0 Å². The fraction of sp³-hybridized carbons (Fsp3) is 0.176. The van der Waals surface area contributed by atoms with Crippen LogP contribution in [0.5, 0.6) is 5.75 Å². The molecule has 2 N–H and O–H groups in total. The Labute approximate surface area is 153 Å². The first kappa shape index (κ1) is 17.3. The highest BCUT2D eigenvalue weighted by Gasteiger charge is 2.08. The number of ether oxygens (including phenoxy) is 1. The molecule has 2 heterocycles. The molecule has 0 saturated carbocycles. The minimum Gasteiger partial charge on any atom is -0.492 e. The summed E-state index contributed by atoms with van der Waals surface area (Å²) >= 11 is 7.42. The van der Waals surface area contributed by atoms with Crippen LogP contribution in [-0.2, 0) is 6.54 Å². The lowest BCUT2D eigenvalue weighted by molar-refractivity contribution is 0.236. The second-order valence-corrected chi connectivity index (χ2v) is 6.42. The van der Waals surface area contributed by atoms with Crippen molar-refractivity contribution in [1.29, 1.82) is 0 Å². The molecular weight excluding hydrogens is 362 g/mol. The Morgan fingerprint density at radius 1 is 1.28 bits per heavy atom. The molecule has 0 unspecified atom stereocenters. The van der Waals surface area contributed by atoms with E-state index in [4.69, 9.17) is 20.8 Å². The van der Waals surface area contributed by atoms with Crippen molar-refractivity contribution in [3.63, 3.8) is 0 Å². The third-order valence-electron chi connectivity index (χ3n) is 3.17. The van der Waals surface area contributed by atoms with Crippen LogP contribution in [0.4, 0.5) is 4.79 Å². The lowest BCUT2D eigenvalue weighted by Gasteiger charge is -2.08. The van der Waals surface area contributed by atoms with E-state index in [2.05, 4.69) is 15.6 Å². The molecule has 2 amide bonds. The summed E-state index contributed by atoms with van der Waals surface area (Å²) in [6, 6.07) is 10.7. The number of nitrogens with zero attached hydrogens (tertiary/aromatic N) is 1. The third kappa shape index (κ3) is 5.23. The van der Waals surface area contributed by atoms with Crippen LogP contribution in [0.15, 0.2) is 52.5 Å². The van der Waals surface area contributed by atoms with Gasteiger partial charge in [0.05, 0.1) is 23.7 Å². The van der Waals surface area contributed by atoms with Gasteiger partial charge < -0.3 is 19.8 Å². The Kier molecular flexibility index (Phi) is 5.92. The molecule has 0 aliphatic rings. The van der Waals surface area contributed by atoms with Gasteiger partial charge in [-0.15, -0.1) is 11.3 Å². The molecule has 3 rings (SSSR count). The van der Waals surface area contributed by atoms with Crippen LogP contribution in [0.25, 0.3) is 10.8 Å². The molecule has 8 heteroatoms. The number of aromatic nitrogens is 1. The maximum Gasteiger partial charge on any atom is 0.315 e. The van der Waals surface area contributed by atoms with Gasteiger partial charge >= 0.3 is 6.03 Å². The van der Waals surface area contributed by atoms with E-state index in [0.29, 0.717) is 35.5 Å². The fourth-order valence-corrected chi connectivity index (χ4v) is 2.86. The van der Waals surface area contributed by atoms with Crippen LogP contribution in [0.2, 0.25) is 5.02 Å². The van der Waals surface area contributed by atoms with Crippen molar-refractivity contribution in [3.05, 3.63) is 58.8 Å². The van der Waals surface area contributed by atoms with E-state index in [1.165, 1.54) is 6.26 Å². The van der Waals surface area contributed by atoms with E-state index < -0.39 is 0 Å². The number of benzene rings is 1. The zero-order valence-corrected chi connectivity index (χ0v) is 14.8. The number of rotatable bonds is 7. The minimum atomic E-state index is -0.296. The Morgan fingerprint density at radius 3 is 3.00 bits per heavy atom. The Balaban J connectivity index is 1.35. The summed E-state index contributed by atoms with van der Waals surface area (Å²) in [7, 11) is 0. The van der Waals surface area contributed by atoms with Gasteiger partial charge in [-0.05, 0) is 29.6 Å². The number of carbonyl (C=O) groups excluding carboxylic acids is 1. The molecule has 0 radical (unpaired) electrons. The first-order valence-corrected chi connectivity index (χ1v) is 8.85. The molecule has 0 aliphatic heterocycles. The molecule has 0 aliphatic carbocycles. The Morgan fingerprint density at radius 2 is 2.20 bits per heavy atom. The molecule has 2 aromatic heterocycles. The zero-order chi connectivity index (χ0) is 17.5. The first-order chi connectivity index (χ1) is 12.2. The Hall–Kier alpha value is -2.51. The predicted octanol–water partition coefficient (Wildman–Crippen LogP) is 3.93. The molecule has 130 valence electrons. The van der Waals surface area contributed by atoms with Crippen molar-refractivity contribution in [1.82, 2.24) is 15.6 Å². The van der Waals surface area contributed by atoms with Crippen LogP contribution in [0.1, 0.15) is 5.69 Å². The molecule has 0 saturated heterocycles. The number of oxazole rings is 1. The summed E-state index contributed by atoms with van der Waals surface area (Å²) in [6.45, 7) is 1.01. The number of hydrogen-bond donors (Lipinski definition) is 2. The average molecular weight is 378 g/mol. The summed E-state index contributed by atoms with van der Waals surface area (Å²) in [6.07, 6.45) is 1.54. The SMILES string of the molecule is O=C(NCCOc1cccc(Cl)c1)NCc1coc(-c2cccs2)n1. The van der Waals surface area contributed by atoms with Crippen molar-refractivity contribution in [2.45, 2.75) is 6.54 Å². The monoisotopic (exact) mass is 377 g/mol. The summed E-state index contributed by atoms with van der Waals surface area (Å²) in [5.41, 5.74) is 0.661. The normalized spacial score (nSPS) is 10.4. The van der Waals surface area contributed by atoms with Crippen LogP contribution in [0, 0.1) is 0 Å². The van der Waals surface area contributed by atoms with Crippen molar-refractivity contribution in [2.24, 2.45) is 0 Å². The van der Waals surface area contributed by atoms with Crippen molar-refractivity contribution >= 4 is 29.0 Å². The van der Waals surface area contributed by atoms with Gasteiger partial charge in [0.25, 0.3) is 0 Å². The van der Waals surface area contributed by atoms with Crippen molar-refractivity contribution < 1.29 is 13.9 Å². The second kappa shape index (κ2) is 8.55. The number of urea groups is 1. The summed E-state index contributed by atoms with van der Waals surface area (Å²) in [5.74, 6) is 1.22. The number of hydrogen-bond acceptors (Lipinski definition) is 5. The summed E-state index contributed by atoms with van der Waals surface area (Å²) in [5, 5.41) is 7.99. The second-order valence-electron chi connectivity index (χ2n) is 5.04. The van der Waals surface area contributed by atoms with Gasteiger partial charge in [-0.2, -0.15) is 0 Å². The van der Waals surface area contributed by atoms with Gasteiger partial charge in [0.15, 0.2) is 0 Å². The van der Waals surface area contributed by atoms with Gasteiger partial charge in [-0.1, -0.05) is 23.7 Å².